The van der Waals surface area contributed by atoms with E-state index in [-0.39, 0.29) is 6.61 Å². The predicted molar refractivity (Wildman–Crippen MR) is 93.1 cm³/mol. The number of carbonyl (C=O) groups excluding carboxylic acids is 1. The fourth-order valence-electron chi connectivity index (χ4n) is 3.03. The molecule has 13 nitrogen and oxygen atoms in total. The van der Waals surface area contributed by atoms with Crippen molar-refractivity contribution in [1.82, 2.24) is 20.3 Å². The lowest BCUT2D eigenvalue weighted by molar-refractivity contribution is -0.315. The van der Waals surface area contributed by atoms with E-state index in [9.17, 15) is 30.0 Å². The standard InChI is InChI=1S/C16H26N4O9/c1-3-20-5-9(18-19-20)7-28-16(15(26)27)4-10(23)12(17-8(2)22)14(29-16)13(25)11(24)6-21/h5,10-14,21,23-25H,3-4,6-7H2,1-2H3,(H,17,22)(H,26,27)/t10-,11+,12+,13+,14+,16+/m0/s1. The largest absolute Gasteiger partial charge is 0.477 e. The number of carboxylic acids is 1. The Morgan fingerprint density at radius 1 is 1.48 bits per heavy atom. The Bertz CT molecular complexity index is 714. The predicted octanol–water partition coefficient (Wildman–Crippen LogP) is -3.04. The summed E-state index contributed by atoms with van der Waals surface area (Å²) in [6.45, 7) is 2.35. The van der Waals surface area contributed by atoms with Gasteiger partial charge in [-0.3, -0.25) is 9.48 Å². The van der Waals surface area contributed by atoms with Crippen molar-refractivity contribution < 1.29 is 44.6 Å². The Morgan fingerprint density at radius 2 is 2.17 bits per heavy atom. The summed E-state index contributed by atoms with van der Waals surface area (Å²) in [6, 6.07) is -1.25. The summed E-state index contributed by atoms with van der Waals surface area (Å²) in [5, 5.41) is 59.4. The van der Waals surface area contributed by atoms with Gasteiger partial charge in [0.1, 0.15) is 24.0 Å². The number of nitrogens with one attached hydrogen (secondary N) is 1. The lowest BCUT2D eigenvalue weighted by atomic mass is 9.88. The highest BCUT2D eigenvalue weighted by Gasteiger charge is 2.55. The van der Waals surface area contributed by atoms with Crippen LogP contribution in [0.2, 0.25) is 0 Å². The zero-order chi connectivity index (χ0) is 21.8. The van der Waals surface area contributed by atoms with Crippen LogP contribution in [0.15, 0.2) is 6.20 Å². The van der Waals surface area contributed by atoms with E-state index in [1.807, 2.05) is 6.92 Å². The van der Waals surface area contributed by atoms with Crippen molar-refractivity contribution in [3.63, 3.8) is 0 Å². The smallest absolute Gasteiger partial charge is 0.364 e. The van der Waals surface area contributed by atoms with Crippen molar-refractivity contribution in [2.75, 3.05) is 6.61 Å². The van der Waals surface area contributed by atoms with Gasteiger partial charge in [-0.05, 0) is 6.92 Å². The zero-order valence-corrected chi connectivity index (χ0v) is 16.0. The quantitative estimate of drug-likeness (QED) is 0.238. The first-order valence-corrected chi connectivity index (χ1v) is 8.99. The number of carboxylic acid groups (broad SMARTS) is 1. The molecule has 164 valence electrons. The van der Waals surface area contributed by atoms with Crippen LogP contribution in [-0.2, 0) is 32.2 Å². The van der Waals surface area contributed by atoms with E-state index in [2.05, 4.69) is 15.6 Å². The molecule has 0 aliphatic carbocycles. The Hall–Kier alpha value is -2.16. The lowest BCUT2D eigenvalue weighted by Crippen LogP contribution is -2.67. The Morgan fingerprint density at radius 3 is 2.69 bits per heavy atom. The normalized spacial score (nSPS) is 29.2. The van der Waals surface area contributed by atoms with Crippen molar-refractivity contribution in [3.05, 3.63) is 11.9 Å². The average molecular weight is 418 g/mol. The molecular weight excluding hydrogens is 392 g/mol. The van der Waals surface area contributed by atoms with Crippen LogP contribution >= 0.6 is 0 Å². The van der Waals surface area contributed by atoms with E-state index in [1.165, 1.54) is 10.9 Å². The molecule has 13 heteroatoms. The fraction of sp³-hybridized carbons (Fsp3) is 0.750. The SMILES string of the molecule is CCn1cc(CO[C@]2(C(=O)O)C[C@H](O)[C@@H](NC(C)=O)[C@H]([C@H](O)[C@H](O)CO)O2)nn1. The summed E-state index contributed by atoms with van der Waals surface area (Å²) in [7, 11) is 0. The highest BCUT2D eigenvalue weighted by atomic mass is 16.7. The summed E-state index contributed by atoms with van der Waals surface area (Å²) in [4.78, 5) is 23.4. The number of aliphatic hydroxyl groups excluding tert-OH is 4. The number of ether oxygens (including phenoxy) is 2. The van der Waals surface area contributed by atoms with E-state index in [0.717, 1.165) is 6.92 Å². The molecule has 0 unspecified atom stereocenters. The number of aliphatic carboxylic acids is 1. The minimum absolute atomic E-state index is 0.307. The number of carbonyl (C=O) groups is 2. The van der Waals surface area contributed by atoms with E-state index < -0.39 is 61.1 Å². The molecule has 0 bridgehead atoms. The molecule has 0 saturated carbocycles. The molecule has 1 amide bonds. The third-order valence-corrected chi connectivity index (χ3v) is 4.55. The number of hydrogen-bond acceptors (Lipinski definition) is 10. The lowest BCUT2D eigenvalue weighted by Gasteiger charge is -2.46. The molecule has 0 aromatic carbocycles. The summed E-state index contributed by atoms with van der Waals surface area (Å²) >= 11 is 0. The topological polar surface area (TPSA) is 196 Å². The van der Waals surface area contributed by atoms with Crippen LogP contribution in [-0.4, -0.2) is 95.3 Å². The number of nitrogens with zero attached hydrogens (tertiary/aromatic N) is 3. The third-order valence-electron chi connectivity index (χ3n) is 4.55. The van der Waals surface area contributed by atoms with Gasteiger partial charge in [-0.1, -0.05) is 5.21 Å². The summed E-state index contributed by atoms with van der Waals surface area (Å²) in [5.74, 6) is -4.56. The van der Waals surface area contributed by atoms with Crippen molar-refractivity contribution in [3.8, 4) is 0 Å². The average Bonchev–Trinajstić information content (AvgIpc) is 3.14. The minimum atomic E-state index is -2.40. The summed E-state index contributed by atoms with van der Waals surface area (Å²) in [5.41, 5.74) is 0.307. The second kappa shape index (κ2) is 9.56. The van der Waals surface area contributed by atoms with Crippen LogP contribution in [0.3, 0.4) is 0 Å². The number of aliphatic hydroxyl groups is 4. The van der Waals surface area contributed by atoms with Gasteiger partial charge in [-0.2, -0.15) is 0 Å². The van der Waals surface area contributed by atoms with Crippen molar-refractivity contribution in [1.29, 1.82) is 0 Å². The van der Waals surface area contributed by atoms with Gasteiger partial charge >= 0.3 is 5.97 Å². The molecule has 0 radical (unpaired) electrons. The van der Waals surface area contributed by atoms with Crippen LogP contribution in [0.5, 0.6) is 0 Å². The first kappa shape index (κ1) is 23.1. The van der Waals surface area contributed by atoms with E-state index >= 15 is 0 Å². The highest BCUT2D eigenvalue weighted by Crippen LogP contribution is 2.34. The molecule has 0 spiro atoms. The van der Waals surface area contributed by atoms with Crippen LogP contribution in [0.4, 0.5) is 0 Å². The van der Waals surface area contributed by atoms with Crippen molar-refractivity contribution in [2.45, 2.75) is 69.7 Å². The number of aryl methyl sites for hydroxylation is 1. The number of amides is 1. The molecule has 1 aliphatic rings. The fourth-order valence-corrected chi connectivity index (χ4v) is 3.03. The van der Waals surface area contributed by atoms with E-state index in [4.69, 9.17) is 14.6 Å². The van der Waals surface area contributed by atoms with Crippen LogP contribution in [0, 0.1) is 0 Å². The Labute approximate surface area is 165 Å². The number of hydrogen-bond donors (Lipinski definition) is 6. The first-order valence-electron chi connectivity index (χ1n) is 8.99. The Balaban J connectivity index is 2.29. The molecule has 1 saturated heterocycles. The van der Waals surface area contributed by atoms with Crippen molar-refractivity contribution >= 4 is 11.9 Å². The van der Waals surface area contributed by atoms with Crippen molar-refractivity contribution in [2.24, 2.45) is 0 Å². The van der Waals surface area contributed by atoms with Crippen LogP contribution in [0.1, 0.15) is 26.0 Å². The summed E-state index contributed by atoms with van der Waals surface area (Å²) in [6.07, 6.45) is -5.66. The van der Waals surface area contributed by atoms with Gasteiger partial charge in [0.15, 0.2) is 0 Å². The summed E-state index contributed by atoms with van der Waals surface area (Å²) < 4.78 is 12.4. The van der Waals surface area contributed by atoms with Gasteiger partial charge < -0.3 is 40.3 Å². The molecule has 1 aromatic heterocycles. The van der Waals surface area contributed by atoms with E-state index in [1.54, 1.807) is 0 Å². The van der Waals surface area contributed by atoms with Gasteiger partial charge in [-0.25, -0.2) is 4.79 Å². The maximum Gasteiger partial charge on any atom is 0.364 e. The maximum atomic E-state index is 12.0. The molecular formula is C16H26N4O9. The molecule has 6 atom stereocenters. The molecule has 1 aromatic rings. The van der Waals surface area contributed by atoms with Gasteiger partial charge in [0, 0.05) is 19.9 Å². The number of rotatable bonds is 9. The molecule has 1 aliphatic heterocycles. The Kier molecular flexibility index (Phi) is 7.62. The van der Waals surface area contributed by atoms with Gasteiger partial charge in [0.25, 0.3) is 5.79 Å². The monoisotopic (exact) mass is 418 g/mol. The highest BCUT2D eigenvalue weighted by molar-refractivity contribution is 5.76. The molecule has 2 rings (SSSR count). The van der Waals surface area contributed by atoms with Crippen LogP contribution < -0.4 is 5.32 Å². The minimum Gasteiger partial charge on any atom is -0.477 e. The molecule has 2 heterocycles. The third kappa shape index (κ3) is 5.26. The van der Waals surface area contributed by atoms with Gasteiger partial charge in [0.05, 0.1) is 31.6 Å². The molecule has 29 heavy (non-hydrogen) atoms. The second-order valence-corrected chi connectivity index (χ2v) is 6.73. The van der Waals surface area contributed by atoms with Gasteiger partial charge in [0.2, 0.25) is 5.91 Å². The van der Waals surface area contributed by atoms with Gasteiger partial charge in [-0.15, -0.1) is 5.10 Å². The first-order chi connectivity index (χ1) is 13.6. The number of aromatic nitrogens is 3. The maximum absolute atomic E-state index is 12.0. The molecule has 1 fully saturated rings. The van der Waals surface area contributed by atoms with E-state index in [0.29, 0.717) is 12.2 Å². The molecule has 6 N–H and O–H groups in total. The zero-order valence-electron chi connectivity index (χ0n) is 16.0. The second-order valence-electron chi connectivity index (χ2n) is 6.73. The van der Waals surface area contributed by atoms with Crippen LogP contribution in [0.25, 0.3) is 0 Å².